The molecule has 0 bridgehead atoms. The Bertz CT molecular complexity index is 194. The van der Waals surface area contributed by atoms with Crippen LogP contribution in [0.5, 0.6) is 0 Å². The van der Waals surface area contributed by atoms with Crippen molar-refractivity contribution in [1.29, 1.82) is 0 Å². The van der Waals surface area contributed by atoms with E-state index in [4.69, 9.17) is 4.74 Å². The lowest BCUT2D eigenvalue weighted by Gasteiger charge is -2.45. The average molecular weight is 229 g/mol. The van der Waals surface area contributed by atoms with E-state index < -0.39 is 0 Å². The zero-order chi connectivity index (χ0) is 10.7. The van der Waals surface area contributed by atoms with Crippen molar-refractivity contribution in [3.8, 4) is 0 Å². The van der Waals surface area contributed by atoms with E-state index in [-0.39, 0.29) is 0 Å². The average Bonchev–Trinajstić information content (AvgIpc) is 2.24. The van der Waals surface area contributed by atoms with Gasteiger partial charge >= 0.3 is 0 Å². The highest BCUT2D eigenvalue weighted by atomic mass is 32.1. The maximum atomic E-state index is 5.40. The third-order valence-corrected chi connectivity index (χ3v) is 4.82. The van der Waals surface area contributed by atoms with E-state index in [9.17, 15) is 0 Å². The standard InChI is InChI=1S/C12H23NOS/c1-13(11-3-7-14-8-4-11)9-12(10-15)5-2-6-12/h11,15H,2-10H2,1H3. The van der Waals surface area contributed by atoms with Crippen LogP contribution in [-0.2, 0) is 4.74 Å². The molecule has 1 aliphatic heterocycles. The van der Waals surface area contributed by atoms with Crippen LogP contribution < -0.4 is 0 Å². The molecule has 0 N–H and O–H groups in total. The van der Waals surface area contributed by atoms with Crippen molar-refractivity contribution in [1.82, 2.24) is 4.90 Å². The Balaban J connectivity index is 1.82. The summed E-state index contributed by atoms with van der Waals surface area (Å²) < 4.78 is 5.40. The summed E-state index contributed by atoms with van der Waals surface area (Å²) in [6, 6.07) is 0.746. The van der Waals surface area contributed by atoms with Gasteiger partial charge in [0.1, 0.15) is 0 Å². The number of hydrogen-bond donors (Lipinski definition) is 1. The van der Waals surface area contributed by atoms with E-state index in [1.165, 1.54) is 38.6 Å². The molecule has 0 amide bonds. The zero-order valence-electron chi connectivity index (χ0n) is 9.74. The summed E-state index contributed by atoms with van der Waals surface area (Å²) in [5.41, 5.74) is 0.538. The summed E-state index contributed by atoms with van der Waals surface area (Å²) >= 11 is 4.52. The van der Waals surface area contributed by atoms with Gasteiger partial charge in [0, 0.05) is 25.8 Å². The summed E-state index contributed by atoms with van der Waals surface area (Å²) in [5.74, 6) is 1.06. The molecule has 0 aromatic carbocycles. The maximum Gasteiger partial charge on any atom is 0.0480 e. The van der Waals surface area contributed by atoms with Crippen molar-refractivity contribution in [2.24, 2.45) is 5.41 Å². The normalized spacial score (nSPS) is 26.6. The first-order valence-corrected chi connectivity index (χ1v) is 6.78. The Morgan fingerprint density at radius 3 is 2.47 bits per heavy atom. The summed E-state index contributed by atoms with van der Waals surface area (Å²) in [4.78, 5) is 2.55. The second-order valence-electron chi connectivity index (χ2n) is 5.27. The smallest absolute Gasteiger partial charge is 0.0480 e. The van der Waals surface area contributed by atoms with Gasteiger partial charge in [0.2, 0.25) is 0 Å². The Labute approximate surface area is 98.8 Å². The van der Waals surface area contributed by atoms with Gasteiger partial charge in [0.25, 0.3) is 0 Å². The summed E-state index contributed by atoms with van der Waals surface area (Å²) in [7, 11) is 2.28. The van der Waals surface area contributed by atoms with Crippen molar-refractivity contribution in [3.05, 3.63) is 0 Å². The van der Waals surface area contributed by atoms with E-state index in [1.54, 1.807) is 0 Å². The molecule has 2 aliphatic rings. The van der Waals surface area contributed by atoms with E-state index in [1.807, 2.05) is 0 Å². The number of hydrogen-bond acceptors (Lipinski definition) is 3. The fourth-order valence-electron chi connectivity index (χ4n) is 2.83. The van der Waals surface area contributed by atoms with Gasteiger partial charge in [-0.25, -0.2) is 0 Å². The number of rotatable bonds is 4. The van der Waals surface area contributed by atoms with Gasteiger partial charge in [-0.2, -0.15) is 12.6 Å². The minimum atomic E-state index is 0.538. The van der Waals surface area contributed by atoms with E-state index in [0.29, 0.717) is 5.41 Å². The first-order valence-electron chi connectivity index (χ1n) is 6.15. The molecular formula is C12H23NOS. The number of ether oxygens (including phenoxy) is 1. The Morgan fingerprint density at radius 1 is 1.33 bits per heavy atom. The Hall–Kier alpha value is 0.270. The van der Waals surface area contributed by atoms with Crippen LogP contribution in [0.3, 0.4) is 0 Å². The largest absolute Gasteiger partial charge is 0.381 e. The minimum Gasteiger partial charge on any atom is -0.381 e. The van der Waals surface area contributed by atoms with Gasteiger partial charge in [-0.1, -0.05) is 6.42 Å². The quantitative estimate of drug-likeness (QED) is 0.742. The van der Waals surface area contributed by atoms with Crippen LogP contribution in [0.4, 0.5) is 0 Å². The minimum absolute atomic E-state index is 0.538. The Morgan fingerprint density at radius 2 is 2.00 bits per heavy atom. The third-order valence-electron chi connectivity index (χ3n) is 4.15. The first-order chi connectivity index (χ1) is 7.26. The third kappa shape index (κ3) is 2.69. The van der Waals surface area contributed by atoms with Gasteiger partial charge in [-0.3, -0.25) is 0 Å². The molecule has 88 valence electrons. The lowest BCUT2D eigenvalue weighted by Crippen LogP contribution is -2.47. The molecular weight excluding hydrogens is 206 g/mol. The lowest BCUT2D eigenvalue weighted by molar-refractivity contribution is 0.0157. The molecule has 0 aromatic rings. The summed E-state index contributed by atoms with van der Waals surface area (Å²) in [5, 5.41) is 0. The predicted molar refractivity (Wildman–Crippen MR) is 66.6 cm³/mol. The van der Waals surface area contributed by atoms with Crippen LogP contribution >= 0.6 is 12.6 Å². The molecule has 0 unspecified atom stereocenters. The van der Waals surface area contributed by atoms with E-state index in [2.05, 4.69) is 24.6 Å². The monoisotopic (exact) mass is 229 g/mol. The molecule has 0 spiro atoms. The predicted octanol–water partition coefficient (Wildman–Crippen LogP) is 2.20. The highest BCUT2D eigenvalue weighted by Gasteiger charge is 2.37. The zero-order valence-corrected chi connectivity index (χ0v) is 10.6. The maximum absolute atomic E-state index is 5.40. The van der Waals surface area contributed by atoms with E-state index in [0.717, 1.165) is 25.0 Å². The fraction of sp³-hybridized carbons (Fsp3) is 1.00. The number of thiol groups is 1. The molecule has 0 atom stereocenters. The van der Waals surface area contributed by atoms with Gasteiger partial charge < -0.3 is 9.64 Å². The second-order valence-corrected chi connectivity index (χ2v) is 5.59. The van der Waals surface area contributed by atoms with E-state index >= 15 is 0 Å². The highest BCUT2D eigenvalue weighted by molar-refractivity contribution is 7.80. The van der Waals surface area contributed by atoms with Crippen molar-refractivity contribution in [2.75, 3.05) is 32.6 Å². The van der Waals surface area contributed by atoms with Crippen molar-refractivity contribution in [3.63, 3.8) is 0 Å². The molecule has 0 aromatic heterocycles. The Kier molecular flexibility index (Phi) is 3.97. The van der Waals surface area contributed by atoms with Gasteiger partial charge in [-0.15, -0.1) is 0 Å². The van der Waals surface area contributed by atoms with Crippen LogP contribution in [0.1, 0.15) is 32.1 Å². The molecule has 2 rings (SSSR count). The van der Waals surface area contributed by atoms with Crippen molar-refractivity contribution in [2.45, 2.75) is 38.1 Å². The van der Waals surface area contributed by atoms with Crippen molar-refractivity contribution >= 4 is 12.6 Å². The second kappa shape index (κ2) is 5.07. The van der Waals surface area contributed by atoms with Crippen molar-refractivity contribution < 1.29 is 4.74 Å². The van der Waals surface area contributed by atoms with Crippen LogP contribution in [0, 0.1) is 5.41 Å². The van der Waals surface area contributed by atoms with Crippen LogP contribution in [-0.4, -0.2) is 43.5 Å². The molecule has 0 radical (unpaired) electrons. The molecule has 1 aliphatic carbocycles. The van der Waals surface area contributed by atoms with Gasteiger partial charge in [0.15, 0.2) is 0 Å². The molecule has 1 saturated heterocycles. The van der Waals surface area contributed by atoms with Crippen LogP contribution in [0.25, 0.3) is 0 Å². The van der Waals surface area contributed by atoms with Crippen LogP contribution in [0.15, 0.2) is 0 Å². The van der Waals surface area contributed by atoms with Gasteiger partial charge in [-0.05, 0) is 43.9 Å². The molecule has 2 fully saturated rings. The topological polar surface area (TPSA) is 12.5 Å². The lowest BCUT2D eigenvalue weighted by atomic mass is 9.70. The number of nitrogens with zero attached hydrogens (tertiary/aromatic N) is 1. The first kappa shape index (κ1) is 11.7. The highest BCUT2D eigenvalue weighted by Crippen LogP contribution is 2.42. The molecule has 15 heavy (non-hydrogen) atoms. The van der Waals surface area contributed by atoms with Crippen LogP contribution in [0.2, 0.25) is 0 Å². The SMILES string of the molecule is CN(CC1(CS)CCC1)C1CCOCC1. The molecule has 3 heteroatoms. The molecule has 2 nitrogen and oxygen atoms in total. The fourth-order valence-corrected chi connectivity index (χ4v) is 3.24. The molecule has 1 heterocycles. The summed E-state index contributed by atoms with van der Waals surface area (Å²) in [6.07, 6.45) is 6.58. The van der Waals surface area contributed by atoms with Gasteiger partial charge in [0.05, 0.1) is 0 Å². The summed E-state index contributed by atoms with van der Waals surface area (Å²) in [6.45, 7) is 3.13. The molecule has 1 saturated carbocycles.